The van der Waals surface area contributed by atoms with Crippen molar-refractivity contribution in [3.63, 3.8) is 0 Å². The molecule has 2 rings (SSSR count). The van der Waals surface area contributed by atoms with Gasteiger partial charge in [0.1, 0.15) is 0 Å². The number of halogens is 1. The Morgan fingerprint density at radius 2 is 2.35 bits per heavy atom. The van der Waals surface area contributed by atoms with Gasteiger partial charge in [-0.15, -0.1) is 11.3 Å². The Hall–Kier alpha value is -0.390. The van der Waals surface area contributed by atoms with Crippen molar-refractivity contribution in [2.75, 3.05) is 20.1 Å². The van der Waals surface area contributed by atoms with E-state index in [4.69, 9.17) is 5.73 Å². The normalized spacial score (nSPS) is 16.9. The van der Waals surface area contributed by atoms with Gasteiger partial charge in [0.05, 0.1) is 6.42 Å². The van der Waals surface area contributed by atoms with Crippen LogP contribution in [-0.4, -0.2) is 30.9 Å². The molecule has 1 aromatic heterocycles. The summed E-state index contributed by atoms with van der Waals surface area (Å²) < 4.78 is 1.05. The molecule has 94 valence electrons. The van der Waals surface area contributed by atoms with Crippen LogP contribution < -0.4 is 5.73 Å². The fourth-order valence-corrected chi connectivity index (χ4v) is 3.37. The number of rotatable bonds is 5. The lowest BCUT2D eigenvalue weighted by Gasteiger charge is -2.22. The first-order chi connectivity index (χ1) is 8.04. The van der Waals surface area contributed by atoms with Crippen LogP contribution >= 0.6 is 27.3 Å². The third-order valence-corrected chi connectivity index (χ3v) is 5.03. The zero-order valence-electron chi connectivity index (χ0n) is 9.91. The van der Waals surface area contributed by atoms with Crippen molar-refractivity contribution in [1.82, 2.24) is 4.90 Å². The van der Waals surface area contributed by atoms with E-state index in [-0.39, 0.29) is 11.3 Å². The molecule has 0 aliphatic heterocycles. The minimum Gasteiger partial charge on any atom is -0.345 e. The standard InChI is InChI=1S/C12H17BrN2OS/c1-15(8-12(7-14)2-3-12)11(16)5-10-4-9(13)6-17-10/h4,6H,2-3,5,7-8,14H2,1H3. The first-order valence-corrected chi connectivity index (χ1v) is 7.39. The number of nitrogens with two attached hydrogens (primary N) is 1. The van der Waals surface area contributed by atoms with Gasteiger partial charge in [-0.3, -0.25) is 4.79 Å². The number of thiophene rings is 1. The van der Waals surface area contributed by atoms with Crippen LogP contribution in [0, 0.1) is 5.41 Å². The molecule has 1 aliphatic rings. The molecule has 3 nitrogen and oxygen atoms in total. The van der Waals surface area contributed by atoms with Gasteiger partial charge >= 0.3 is 0 Å². The second-order valence-electron chi connectivity index (χ2n) is 4.86. The van der Waals surface area contributed by atoms with Crippen molar-refractivity contribution >= 4 is 33.2 Å². The van der Waals surface area contributed by atoms with E-state index in [2.05, 4.69) is 15.9 Å². The Morgan fingerprint density at radius 3 is 2.82 bits per heavy atom. The van der Waals surface area contributed by atoms with Gasteiger partial charge in [-0.05, 0) is 41.4 Å². The third kappa shape index (κ3) is 3.30. The quantitative estimate of drug-likeness (QED) is 0.905. The first-order valence-electron chi connectivity index (χ1n) is 5.72. The van der Waals surface area contributed by atoms with Crippen LogP contribution in [0.3, 0.4) is 0 Å². The average molecular weight is 317 g/mol. The van der Waals surface area contributed by atoms with Crippen molar-refractivity contribution < 1.29 is 4.79 Å². The molecule has 0 atom stereocenters. The van der Waals surface area contributed by atoms with Crippen LogP contribution in [0.4, 0.5) is 0 Å². The number of carbonyl (C=O) groups is 1. The summed E-state index contributed by atoms with van der Waals surface area (Å²) in [7, 11) is 1.88. The molecule has 0 bridgehead atoms. The van der Waals surface area contributed by atoms with Crippen LogP contribution in [0.2, 0.25) is 0 Å². The molecule has 1 aromatic rings. The lowest BCUT2D eigenvalue weighted by molar-refractivity contribution is -0.129. The second kappa shape index (κ2) is 5.08. The number of amides is 1. The van der Waals surface area contributed by atoms with E-state index in [0.717, 1.165) is 28.7 Å². The molecule has 1 aliphatic carbocycles. The first kappa shape index (κ1) is 13.1. The van der Waals surface area contributed by atoms with E-state index < -0.39 is 0 Å². The fraction of sp³-hybridized carbons (Fsp3) is 0.583. The van der Waals surface area contributed by atoms with Gasteiger partial charge in [-0.1, -0.05) is 0 Å². The minimum absolute atomic E-state index is 0.180. The zero-order chi connectivity index (χ0) is 12.5. The number of hydrogen-bond acceptors (Lipinski definition) is 3. The zero-order valence-corrected chi connectivity index (χ0v) is 12.3. The Morgan fingerprint density at radius 1 is 1.65 bits per heavy atom. The van der Waals surface area contributed by atoms with Gasteiger partial charge in [-0.2, -0.15) is 0 Å². The Labute approximate surface area is 114 Å². The maximum atomic E-state index is 12.0. The van der Waals surface area contributed by atoms with E-state index in [1.54, 1.807) is 11.3 Å². The summed E-state index contributed by atoms with van der Waals surface area (Å²) in [6.45, 7) is 1.49. The summed E-state index contributed by atoms with van der Waals surface area (Å²) in [5.41, 5.74) is 5.95. The predicted octanol–water partition coefficient (Wildman–Crippen LogP) is 2.25. The van der Waals surface area contributed by atoms with Crippen molar-refractivity contribution in [2.45, 2.75) is 19.3 Å². The van der Waals surface area contributed by atoms with Crippen molar-refractivity contribution in [2.24, 2.45) is 11.1 Å². The van der Waals surface area contributed by atoms with Gasteiger partial charge in [0.15, 0.2) is 0 Å². The molecule has 0 saturated heterocycles. The molecule has 1 fully saturated rings. The van der Waals surface area contributed by atoms with Gasteiger partial charge in [0, 0.05) is 33.7 Å². The molecule has 0 radical (unpaired) electrons. The lowest BCUT2D eigenvalue weighted by atomic mass is 10.1. The maximum Gasteiger partial charge on any atom is 0.227 e. The summed E-state index contributed by atoms with van der Waals surface area (Å²) in [4.78, 5) is 14.9. The summed E-state index contributed by atoms with van der Waals surface area (Å²) >= 11 is 5.01. The lowest BCUT2D eigenvalue weighted by Crippen LogP contribution is -2.36. The largest absolute Gasteiger partial charge is 0.345 e. The molecular weight excluding hydrogens is 300 g/mol. The Kier molecular flexibility index (Phi) is 3.90. The van der Waals surface area contributed by atoms with Crippen molar-refractivity contribution in [3.8, 4) is 0 Å². The smallest absolute Gasteiger partial charge is 0.227 e. The van der Waals surface area contributed by atoms with Crippen molar-refractivity contribution in [3.05, 3.63) is 20.8 Å². The molecule has 1 saturated carbocycles. The number of nitrogens with zero attached hydrogens (tertiary/aromatic N) is 1. The SMILES string of the molecule is CN(CC1(CN)CC1)C(=O)Cc1cc(Br)cs1. The molecule has 2 N–H and O–H groups in total. The molecule has 0 aromatic carbocycles. The second-order valence-corrected chi connectivity index (χ2v) is 6.77. The highest BCUT2D eigenvalue weighted by atomic mass is 79.9. The van der Waals surface area contributed by atoms with Crippen LogP contribution in [0.15, 0.2) is 15.9 Å². The van der Waals surface area contributed by atoms with Gasteiger partial charge in [0.25, 0.3) is 0 Å². The third-order valence-electron chi connectivity index (χ3n) is 3.34. The molecular formula is C12H17BrN2OS. The molecule has 0 spiro atoms. The van der Waals surface area contributed by atoms with E-state index >= 15 is 0 Å². The van der Waals surface area contributed by atoms with Crippen LogP contribution in [-0.2, 0) is 11.2 Å². The van der Waals surface area contributed by atoms with Crippen molar-refractivity contribution in [1.29, 1.82) is 0 Å². The molecule has 1 heterocycles. The van der Waals surface area contributed by atoms with Crippen LogP contribution in [0.1, 0.15) is 17.7 Å². The van der Waals surface area contributed by atoms with Gasteiger partial charge in [0.2, 0.25) is 5.91 Å². The summed E-state index contributed by atoms with van der Waals surface area (Å²) in [5.74, 6) is 0.180. The molecule has 0 unspecified atom stereocenters. The molecule has 5 heteroatoms. The predicted molar refractivity (Wildman–Crippen MR) is 74.1 cm³/mol. The number of carbonyl (C=O) groups excluding carboxylic acids is 1. The summed E-state index contributed by atoms with van der Waals surface area (Å²) in [5, 5.41) is 2.00. The molecule has 1 amide bonds. The van der Waals surface area contributed by atoms with Gasteiger partial charge < -0.3 is 10.6 Å². The van der Waals surface area contributed by atoms with Crippen LogP contribution in [0.25, 0.3) is 0 Å². The van der Waals surface area contributed by atoms with E-state index in [1.165, 1.54) is 0 Å². The molecule has 17 heavy (non-hydrogen) atoms. The average Bonchev–Trinajstić information content (AvgIpc) is 2.95. The highest BCUT2D eigenvalue weighted by Crippen LogP contribution is 2.44. The monoisotopic (exact) mass is 316 g/mol. The topological polar surface area (TPSA) is 46.3 Å². The van der Waals surface area contributed by atoms with E-state index in [9.17, 15) is 4.79 Å². The number of likely N-dealkylation sites (N-methyl/N-ethyl adjacent to an activating group) is 1. The minimum atomic E-state index is 0.180. The van der Waals surface area contributed by atoms with E-state index in [1.807, 2.05) is 23.4 Å². The number of hydrogen-bond donors (Lipinski definition) is 1. The van der Waals surface area contributed by atoms with E-state index in [0.29, 0.717) is 13.0 Å². The van der Waals surface area contributed by atoms with Gasteiger partial charge in [-0.25, -0.2) is 0 Å². The Bertz CT molecular complexity index is 414. The summed E-state index contributed by atoms with van der Waals surface area (Å²) in [6, 6.07) is 2.01. The summed E-state index contributed by atoms with van der Waals surface area (Å²) in [6.07, 6.45) is 2.81. The fourth-order valence-electron chi connectivity index (χ4n) is 1.93. The highest BCUT2D eigenvalue weighted by Gasteiger charge is 2.42. The highest BCUT2D eigenvalue weighted by molar-refractivity contribution is 9.10. The Balaban J connectivity index is 1.87. The van der Waals surface area contributed by atoms with Crippen LogP contribution in [0.5, 0.6) is 0 Å². The maximum absolute atomic E-state index is 12.0.